The molecule has 2 fully saturated rings. The van der Waals surface area contributed by atoms with Crippen molar-refractivity contribution in [2.45, 2.75) is 45.8 Å². The van der Waals surface area contributed by atoms with Gasteiger partial charge in [-0.05, 0) is 39.0 Å². The summed E-state index contributed by atoms with van der Waals surface area (Å²) >= 11 is 0. The molecule has 2 rings (SSSR count). The van der Waals surface area contributed by atoms with Gasteiger partial charge in [-0.3, -0.25) is 0 Å². The van der Waals surface area contributed by atoms with Gasteiger partial charge in [0.25, 0.3) is 0 Å². The highest BCUT2D eigenvalue weighted by Gasteiger charge is 2.35. The average Bonchev–Trinajstić information content (AvgIpc) is 2.37. The van der Waals surface area contributed by atoms with E-state index in [0.717, 1.165) is 39.3 Å². The van der Waals surface area contributed by atoms with E-state index in [1.54, 1.807) is 0 Å². The van der Waals surface area contributed by atoms with Crippen LogP contribution in [0.5, 0.6) is 0 Å². The summed E-state index contributed by atoms with van der Waals surface area (Å²) in [6.07, 6.45) is 0.831. The second-order valence-electron chi connectivity index (χ2n) is 6.99. The molecule has 0 aromatic carbocycles. The molecule has 3 atom stereocenters. The Bertz CT molecular complexity index is 335. The number of ether oxygens (including phenoxy) is 2. The van der Waals surface area contributed by atoms with E-state index in [2.05, 4.69) is 12.2 Å². The van der Waals surface area contributed by atoms with E-state index in [-0.39, 0.29) is 6.09 Å². The number of nitrogens with zero attached hydrogens (tertiary/aromatic N) is 1. The Kier molecular flexibility index (Phi) is 4.91. The third-order valence-corrected chi connectivity index (χ3v) is 4.09. The molecule has 0 saturated carbocycles. The molecule has 1 amide bonds. The van der Waals surface area contributed by atoms with Crippen LogP contribution >= 0.6 is 0 Å². The third kappa shape index (κ3) is 4.09. The summed E-state index contributed by atoms with van der Waals surface area (Å²) in [6.45, 7) is 12.0. The molecule has 0 aromatic rings. The SMILES string of the molecule is CC1CN(C(=O)OC(C)(C)C)CCC1C1COCCN1. The predicted molar refractivity (Wildman–Crippen MR) is 77.7 cm³/mol. The van der Waals surface area contributed by atoms with Crippen molar-refractivity contribution in [3.05, 3.63) is 0 Å². The van der Waals surface area contributed by atoms with Crippen LogP contribution in [0.1, 0.15) is 34.1 Å². The van der Waals surface area contributed by atoms with Crippen molar-refractivity contribution >= 4 is 6.09 Å². The number of hydrogen-bond acceptors (Lipinski definition) is 4. The number of rotatable bonds is 1. The Labute approximate surface area is 122 Å². The van der Waals surface area contributed by atoms with Crippen molar-refractivity contribution in [3.8, 4) is 0 Å². The first-order chi connectivity index (χ1) is 9.37. The molecule has 0 bridgehead atoms. The molecule has 2 aliphatic heterocycles. The van der Waals surface area contributed by atoms with Crippen LogP contribution in [0.4, 0.5) is 4.79 Å². The van der Waals surface area contributed by atoms with Gasteiger partial charge in [-0.2, -0.15) is 0 Å². The Hall–Kier alpha value is -0.810. The van der Waals surface area contributed by atoms with Crippen LogP contribution in [0.15, 0.2) is 0 Å². The largest absolute Gasteiger partial charge is 0.444 e. The maximum atomic E-state index is 12.1. The number of amides is 1. The molecule has 20 heavy (non-hydrogen) atoms. The molecule has 5 heteroatoms. The van der Waals surface area contributed by atoms with Crippen LogP contribution in [-0.4, -0.2) is 55.5 Å². The fraction of sp³-hybridized carbons (Fsp3) is 0.933. The molecule has 116 valence electrons. The van der Waals surface area contributed by atoms with Gasteiger partial charge in [0.15, 0.2) is 0 Å². The van der Waals surface area contributed by atoms with Gasteiger partial charge >= 0.3 is 6.09 Å². The minimum atomic E-state index is -0.421. The molecule has 1 N–H and O–H groups in total. The molecule has 2 saturated heterocycles. The number of likely N-dealkylation sites (tertiary alicyclic amines) is 1. The zero-order valence-electron chi connectivity index (χ0n) is 13.1. The maximum Gasteiger partial charge on any atom is 0.410 e. The first kappa shape index (κ1) is 15.6. The minimum absolute atomic E-state index is 0.185. The van der Waals surface area contributed by atoms with Gasteiger partial charge in [0.05, 0.1) is 13.2 Å². The standard InChI is InChI=1S/C15H28N2O3/c1-11-9-17(14(18)20-15(2,3)4)7-5-12(11)13-10-19-8-6-16-13/h11-13,16H,5-10H2,1-4H3. The molecule has 0 aliphatic carbocycles. The summed E-state index contributed by atoms with van der Waals surface area (Å²) in [5.74, 6) is 1.05. The van der Waals surface area contributed by atoms with Gasteiger partial charge in [-0.1, -0.05) is 6.92 Å². The first-order valence-corrected chi connectivity index (χ1v) is 7.66. The quantitative estimate of drug-likeness (QED) is 0.798. The summed E-state index contributed by atoms with van der Waals surface area (Å²) in [7, 11) is 0. The van der Waals surface area contributed by atoms with E-state index in [4.69, 9.17) is 9.47 Å². The fourth-order valence-electron chi connectivity index (χ4n) is 3.11. The van der Waals surface area contributed by atoms with Crippen LogP contribution in [0.3, 0.4) is 0 Å². The first-order valence-electron chi connectivity index (χ1n) is 7.66. The van der Waals surface area contributed by atoms with E-state index < -0.39 is 5.60 Å². The molecule has 0 spiro atoms. The van der Waals surface area contributed by atoms with Crippen molar-refractivity contribution in [2.24, 2.45) is 11.8 Å². The van der Waals surface area contributed by atoms with Gasteiger partial charge in [0.2, 0.25) is 0 Å². The van der Waals surface area contributed by atoms with E-state index in [0.29, 0.717) is 17.9 Å². The molecular formula is C15H28N2O3. The van der Waals surface area contributed by atoms with Gasteiger partial charge < -0.3 is 19.7 Å². The van der Waals surface area contributed by atoms with Crippen LogP contribution in [0, 0.1) is 11.8 Å². The average molecular weight is 284 g/mol. The molecule has 0 aromatic heterocycles. The van der Waals surface area contributed by atoms with Crippen molar-refractivity contribution in [1.82, 2.24) is 10.2 Å². The molecule has 3 unspecified atom stereocenters. The number of hydrogen-bond donors (Lipinski definition) is 1. The summed E-state index contributed by atoms with van der Waals surface area (Å²) < 4.78 is 11.0. The molecule has 5 nitrogen and oxygen atoms in total. The lowest BCUT2D eigenvalue weighted by atomic mass is 9.81. The highest BCUT2D eigenvalue weighted by atomic mass is 16.6. The number of nitrogens with one attached hydrogen (secondary N) is 1. The third-order valence-electron chi connectivity index (χ3n) is 4.09. The molecule has 0 radical (unpaired) electrons. The van der Waals surface area contributed by atoms with Crippen molar-refractivity contribution < 1.29 is 14.3 Å². The normalized spacial score (nSPS) is 32.0. The number of carbonyl (C=O) groups excluding carboxylic acids is 1. The van der Waals surface area contributed by atoms with E-state index >= 15 is 0 Å². The second kappa shape index (κ2) is 6.31. The number of carbonyl (C=O) groups is 1. The van der Waals surface area contributed by atoms with Crippen LogP contribution in [0.25, 0.3) is 0 Å². The van der Waals surface area contributed by atoms with E-state index in [9.17, 15) is 4.79 Å². The summed E-state index contributed by atoms with van der Waals surface area (Å²) in [6, 6.07) is 0.430. The lowest BCUT2D eigenvalue weighted by Crippen LogP contribution is -2.53. The monoisotopic (exact) mass is 284 g/mol. The van der Waals surface area contributed by atoms with Crippen LogP contribution < -0.4 is 5.32 Å². The Morgan fingerprint density at radius 3 is 2.70 bits per heavy atom. The maximum absolute atomic E-state index is 12.1. The summed E-state index contributed by atoms with van der Waals surface area (Å²) in [5.41, 5.74) is -0.421. The fourth-order valence-corrected chi connectivity index (χ4v) is 3.11. The summed E-state index contributed by atoms with van der Waals surface area (Å²) in [4.78, 5) is 13.9. The Balaban J connectivity index is 1.86. The van der Waals surface area contributed by atoms with E-state index in [1.807, 2.05) is 25.7 Å². The highest BCUT2D eigenvalue weighted by molar-refractivity contribution is 5.68. The van der Waals surface area contributed by atoms with Gasteiger partial charge in [-0.15, -0.1) is 0 Å². The summed E-state index contributed by atoms with van der Waals surface area (Å²) in [5, 5.41) is 3.54. The van der Waals surface area contributed by atoms with E-state index in [1.165, 1.54) is 0 Å². The highest BCUT2D eigenvalue weighted by Crippen LogP contribution is 2.28. The number of morpholine rings is 1. The van der Waals surface area contributed by atoms with Gasteiger partial charge in [0, 0.05) is 25.7 Å². The van der Waals surface area contributed by atoms with Crippen molar-refractivity contribution in [3.63, 3.8) is 0 Å². The smallest absolute Gasteiger partial charge is 0.410 e. The second-order valence-corrected chi connectivity index (χ2v) is 6.99. The van der Waals surface area contributed by atoms with Crippen molar-refractivity contribution in [2.75, 3.05) is 32.8 Å². The lowest BCUT2D eigenvalue weighted by Gasteiger charge is -2.42. The lowest BCUT2D eigenvalue weighted by molar-refractivity contribution is -0.00369. The molecular weight excluding hydrogens is 256 g/mol. The van der Waals surface area contributed by atoms with Gasteiger partial charge in [0.1, 0.15) is 5.60 Å². The van der Waals surface area contributed by atoms with Gasteiger partial charge in [-0.25, -0.2) is 4.79 Å². The van der Waals surface area contributed by atoms with Crippen LogP contribution in [-0.2, 0) is 9.47 Å². The topological polar surface area (TPSA) is 50.8 Å². The number of piperidine rings is 1. The van der Waals surface area contributed by atoms with Crippen LogP contribution in [0.2, 0.25) is 0 Å². The minimum Gasteiger partial charge on any atom is -0.444 e. The molecule has 2 aliphatic rings. The predicted octanol–water partition coefficient (Wildman–Crippen LogP) is 1.87. The Morgan fingerprint density at radius 1 is 1.40 bits per heavy atom. The Morgan fingerprint density at radius 2 is 2.15 bits per heavy atom. The molecule has 2 heterocycles. The van der Waals surface area contributed by atoms with Crippen molar-refractivity contribution in [1.29, 1.82) is 0 Å². The zero-order valence-corrected chi connectivity index (χ0v) is 13.1. The zero-order chi connectivity index (χ0) is 14.8.